The first-order valence-corrected chi connectivity index (χ1v) is 5.82. The van der Waals surface area contributed by atoms with E-state index >= 15 is 0 Å². The fraction of sp³-hybridized carbons (Fsp3) is 0.545. The highest BCUT2D eigenvalue weighted by atomic mass is 16.5. The van der Waals surface area contributed by atoms with E-state index in [1.165, 1.54) is 6.33 Å². The molecule has 1 aromatic rings. The summed E-state index contributed by atoms with van der Waals surface area (Å²) in [5.41, 5.74) is 0. The zero-order valence-electron chi connectivity index (χ0n) is 10.5. The number of anilines is 2. The molecule has 0 spiro atoms. The van der Waals surface area contributed by atoms with Gasteiger partial charge in [0.15, 0.2) is 0 Å². The van der Waals surface area contributed by atoms with Crippen molar-refractivity contribution >= 4 is 17.5 Å². The zero-order valence-corrected chi connectivity index (χ0v) is 10.5. The number of hydrogen-bond donors (Lipinski definition) is 2. The molecule has 2 heterocycles. The fourth-order valence-electron chi connectivity index (χ4n) is 1.90. The van der Waals surface area contributed by atoms with Crippen LogP contribution in [0.25, 0.3) is 0 Å². The van der Waals surface area contributed by atoms with Crippen molar-refractivity contribution in [3.05, 3.63) is 12.4 Å². The molecule has 0 aromatic carbocycles. The largest absolute Gasteiger partial charge is 0.377 e. The lowest BCUT2D eigenvalue weighted by atomic mass is 10.2. The maximum atomic E-state index is 11.8. The molecular weight excluding hydrogens is 234 g/mol. The second-order valence-electron chi connectivity index (χ2n) is 3.91. The summed E-state index contributed by atoms with van der Waals surface area (Å²) < 4.78 is 5.35. The van der Waals surface area contributed by atoms with E-state index in [4.69, 9.17) is 4.74 Å². The number of nitrogens with zero attached hydrogens (tertiary/aromatic N) is 3. The van der Waals surface area contributed by atoms with Crippen LogP contribution in [-0.2, 0) is 9.53 Å². The number of ether oxygens (including phenoxy) is 1. The minimum atomic E-state index is -0.344. The van der Waals surface area contributed by atoms with Crippen molar-refractivity contribution in [3.8, 4) is 0 Å². The summed E-state index contributed by atoms with van der Waals surface area (Å²) in [6, 6.07) is 1.48. The van der Waals surface area contributed by atoms with Crippen molar-refractivity contribution in [3.63, 3.8) is 0 Å². The first-order valence-electron chi connectivity index (χ1n) is 5.82. The summed E-state index contributed by atoms with van der Waals surface area (Å²) in [4.78, 5) is 22.0. The molecule has 7 heteroatoms. The Labute approximate surface area is 106 Å². The number of amides is 1. The lowest BCUT2D eigenvalue weighted by Crippen LogP contribution is -2.53. The molecule has 1 unspecified atom stereocenters. The Bertz CT molecular complexity index is 426. The molecule has 2 rings (SSSR count). The third kappa shape index (κ3) is 2.51. The van der Waals surface area contributed by atoms with Crippen LogP contribution in [0.4, 0.5) is 11.6 Å². The Hall–Kier alpha value is -1.89. The van der Waals surface area contributed by atoms with Gasteiger partial charge in [-0.2, -0.15) is 0 Å². The third-order valence-electron chi connectivity index (χ3n) is 2.88. The molecular formula is C11H17N5O2. The highest BCUT2D eigenvalue weighted by molar-refractivity contribution is 5.85. The summed E-state index contributed by atoms with van der Waals surface area (Å²) in [5.74, 6) is 1.38. The van der Waals surface area contributed by atoms with Gasteiger partial charge in [-0.15, -0.1) is 0 Å². The molecule has 0 aliphatic carbocycles. The number of carbonyl (C=O) groups excluding carboxylic acids is 1. The molecule has 7 nitrogen and oxygen atoms in total. The standard InChI is InChI=1S/C11H17N5O2/c1-12-9-5-10(15-7-14-9)16-3-4-18-6-8(16)11(17)13-2/h5,7-8H,3-4,6H2,1-2H3,(H,13,17)(H,12,14,15). The van der Waals surface area contributed by atoms with Gasteiger partial charge in [-0.1, -0.05) is 0 Å². The Morgan fingerprint density at radius 1 is 1.50 bits per heavy atom. The van der Waals surface area contributed by atoms with E-state index in [1.54, 1.807) is 14.1 Å². The van der Waals surface area contributed by atoms with Gasteiger partial charge in [0.25, 0.3) is 0 Å². The smallest absolute Gasteiger partial charge is 0.244 e. The molecule has 1 aliphatic heterocycles. The van der Waals surface area contributed by atoms with Crippen LogP contribution >= 0.6 is 0 Å². The quantitative estimate of drug-likeness (QED) is 0.752. The van der Waals surface area contributed by atoms with Gasteiger partial charge in [0.1, 0.15) is 24.0 Å². The topological polar surface area (TPSA) is 79.4 Å². The van der Waals surface area contributed by atoms with Crippen molar-refractivity contribution in [1.82, 2.24) is 15.3 Å². The Balaban J connectivity index is 2.24. The second kappa shape index (κ2) is 5.63. The number of carbonyl (C=O) groups is 1. The third-order valence-corrected chi connectivity index (χ3v) is 2.88. The van der Waals surface area contributed by atoms with Gasteiger partial charge in [-0.05, 0) is 0 Å². The molecule has 1 atom stereocenters. The maximum Gasteiger partial charge on any atom is 0.244 e. The van der Waals surface area contributed by atoms with E-state index in [0.29, 0.717) is 19.8 Å². The van der Waals surface area contributed by atoms with Gasteiger partial charge in [0, 0.05) is 26.7 Å². The average Bonchev–Trinajstić information content (AvgIpc) is 2.46. The molecule has 2 N–H and O–H groups in total. The number of rotatable bonds is 3. The van der Waals surface area contributed by atoms with Gasteiger partial charge < -0.3 is 20.3 Å². The monoisotopic (exact) mass is 251 g/mol. The molecule has 1 saturated heterocycles. The van der Waals surface area contributed by atoms with Crippen LogP contribution in [-0.4, -0.2) is 55.8 Å². The number of morpholine rings is 1. The molecule has 0 bridgehead atoms. The van der Waals surface area contributed by atoms with Crippen molar-refractivity contribution in [1.29, 1.82) is 0 Å². The van der Waals surface area contributed by atoms with E-state index in [9.17, 15) is 4.79 Å². The molecule has 98 valence electrons. The van der Waals surface area contributed by atoms with E-state index in [-0.39, 0.29) is 11.9 Å². The van der Waals surface area contributed by atoms with Crippen LogP contribution in [0, 0.1) is 0 Å². The normalized spacial score (nSPS) is 19.4. The Kier molecular flexibility index (Phi) is 3.93. The van der Waals surface area contributed by atoms with Gasteiger partial charge in [0.05, 0.1) is 13.2 Å². The second-order valence-corrected chi connectivity index (χ2v) is 3.91. The highest BCUT2D eigenvalue weighted by Gasteiger charge is 2.29. The van der Waals surface area contributed by atoms with Crippen molar-refractivity contribution in [2.75, 3.05) is 44.1 Å². The summed E-state index contributed by atoms with van der Waals surface area (Å²) in [6.07, 6.45) is 1.48. The summed E-state index contributed by atoms with van der Waals surface area (Å²) in [5, 5.41) is 5.60. The SMILES string of the molecule is CNC(=O)C1COCCN1c1cc(NC)ncn1. The fourth-order valence-corrected chi connectivity index (χ4v) is 1.90. The first kappa shape index (κ1) is 12.6. The van der Waals surface area contributed by atoms with Crippen LogP contribution in [0.3, 0.4) is 0 Å². The highest BCUT2D eigenvalue weighted by Crippen LogP contribution is 2.19. The number of hydrogen-bond acceptors (Lipinski definition) is 6. The minimum Gasteiger partial charge on any atom is -0.377 e. The van der Waals surface area contributed by atoms with Crippen LogP contribution in [0.5, 0.6) is 0 Å². The molecule has 1 fully saturated rings. The van der Waals surface area contributed by atoms with Gasteiger partial charge >= 0.3 is 0 Å². The number of likely N-dealkylation sites (N-methyl/N-ethyl adjacent to an activating group) is 1. The Morgan fingerprint density at radius 3 is 3.06 bits per heavy atom. The number of nitrogens with one attached hydrogen (secondary N) is 2. The molecule has 1 amide bonds. The van der Waals surface area contributed by atoms with Crippen LogP contribution in [0.1, 0.15) is 0 Å². The molecule has 0 saturated carbocycles. The first-order chi connectivity index (χ1) is 8.76. The zero-order chi connectivity index (χ0) is 13.0. The van der Waals surface area contributed by atoms with E-state index in [0.717, 1.165) is 11.6 Å². The van der Waals surface area contributed by atoms with Crippen molar-refractivity contribution in [2.24, 2.45) is 0 Å². The molecule has 18 heavy (non-hydrogen) atoms. The van der Waals surface area contributed by atoms with E-state index in [2.05, 4.69) is 20.6 Å². The lowest BCUT2D eigenvalue weighted by molar-refractivity contribution is -0.124. The molecule has 0 radical (unpaired) electrons. The predicted octanol–water partition coefficient (Wildman–Crippen LogP) is -0.530. The van der Waals surface area contributed by atoms with Crippen LogP contribution in [0.15, 0.2) is 12.4 Å². The van der Waals surface area contributed by atoms with Crippen LogP contribution < -0.4 is 15.5 Å². The maximum absolute atomic E-state index is 11.8. The molecule has 1 aromatic heterocycles. The molecule has 1 aliphatic rings. The van der Waals surface area contributed by atoms with Gasteiger partial charge in [-0.3, -0.25) is 4.79 Å². The summed E-state index contributed by atoms with van der Waals surface area (Å²) in [7, 11) is 3.41. The summed E-state index contributed by atoms with van der Waals surface area (Å²) in [6.45, 7) is 1.60. The van der Waals surface area contributed by atoms with E-state index < -0.39 is 0 Å². The van der Waals surface area contributed by atoms with Crippen LogP contribution in [0.2, 0.25) is 0 Å². The summed E-state index contributed by atoms with van der Waals surface area (Å²) >= 11 is 0. The number of aromatic nitrogens is 2. The minimum absolute atomic E-state index is 0.0701. The van der Waals surface area contributed by atoms with Crippen molar-refractivity contribution in [2.45, 2.75) is 6.04 Å². The Morgan fingerprint density at radius 2 is 2.33 bits per heavy atom. The predicted molar refractivity (Wildman–Crippen MR) is 67.6 cm³/mol. The van der Waals surface area contributed by atoms with Crippen molar-refractivity contribution < 1.29 is 9.53 Å². The van der Waals surface area contributed by atoms with Gasteiger partial charge in [-0.25, -0.2) is 9.97 Å². The van der Waals surface area contributed by atoms with E-state index in [1.807, 2.05) is 11.0 Å². The average molecular weight is 251 g/mol. The lowest BCUT2D eigenvalue weighted by Gasteiger charge is -2.35. The van der Waals surface area contributed by atoms with Gasteiger partial charge in [0.2, 0.25) is 5.91 Å².